The number of methoxy groups -OCH3 is 1. The molecule has 0 aliphatic carbocycles. The Labute approximate surface area is 223 Å². The van der Waals surface area contributed by atoms with Crippen LogP contribution in [0.4, 0.5) is 0 Å². The molecule has 0 aliphatic heterocycles. The molecule has 0 radical (unpaired) electrons. The largest absolute Gasteiger partial charge is 0.497 e. The van der Waals surface area contributed by atoms with Crippen molar-refractivity contribution in [3.05, 3.63) is 99.5 Å². The smallest absolute Gasteiger partial charge is 0.243 e. The van der Waals surface area contributed by atoms with Crippen molar-refractivity contribution in [2.24, 2.45) is 0 Å². The molecule has 7 heteroatoms. The Kier molecular flexibility index (Phi) is 9.41. The first kappa shape index (κ1) is 27.6. The molecule has 3 aromatic rings. The van der Waals surface area contributed by atoms with Crippen molar-refractivity contribution in [3.8, 4) is 5.75 Å². The maximum atomic E-state index is 13.8. The van der Waals surface area contributed by atoms with Crippen LogP contribution in [-0.2, 0) is 29.0 Å². The average Bonchev–Trinajstić information content (AvgIpc) is 2.82. The number of benzene rings is 3. The summed E-state index contributed by atoms with van der Waals surface area (Å²) in [6.07, 6.45) is 0.404. The first-order chi connectivity index (χ1) is 17.1. The Morgan fingerprint density at radius 2 is 1.64 bits per heavy atom. The van der Waals surface area contributed by atoms with Gasteiger partial charge < -0.3 is 15.0 Å². The third-order valence-corrected chi connectivity index (χ3v) is 6.20. The molecule has 1 atom stereocenters. The molecule has 0 saturated heterocycles. The van der Waals surface area contributed by atoms with E-state index in [-0.39, 0.29) is 24.8 Å². The van der Waals surface area contributed by atoms with Gasteiger partial charge in [0.15, 0.2) is 0 Å². The molecule has 0 spiro atoms. The number of halogens is 2. The summed E-state index contributed by atoms with van der Waals surface area (Å²) in [5.74, 6) is 0.247. The number of hydrogen-bond donors (Lipinski definition) is 1. The highest BCUT2D eigenvalue weighted by atomic mass is 35.5. The molecule has 0 heterocycles. The summed E-state index contributed by atoms with van der Waals surface area (Å²) in [7, 11) is 1.60. The number of amides is 2. The summed E-state index contributed by atoms with van der Waals surface area (Å²) in [4.78, 5) is 29.1. The minimum absolute atomic E-state index is 0.0358. The molecular weight excluding hydrogens is 495 g/mol. The van der Waals surface area contributed by atoms with E-state index in [1.54, 1.807) is 30.2 Å². The van der Waals surface area contributed by atoms with Gasteiger partial charge in [0.05, 0.1) is 13.5 Å². The molecule has 2 amide bonds. The number of carbonyl (C=O) groups is 2. The zero-order valence-corrected chi connectivity index (χ0v) is 22.6. The van der Waals surface area contributed by atoms with Gasteiger partial charge in [0, 0.05) is 28.5 Å². The van der Waals surface area contributed by atoms with E-state index in [4.69, 9.17) is 27.9 Å². The minimum Gasteiger partial charge on any atom is -0.497 e. The van der Waals surface area contributed by atoms with Gasteiger partial charge in [0.1, 0.15) is 11.8 Å². The van der Waals surface area contributed by atoms with Gasteiger partial charge in [-0.3, -0.25) is 9.59 Å². The normalized spacial score (nSPS) is 12.1. The van der Waals surface area contributed by atoms with Gasteiger partial charge in [-0.1, -0.05) is 71.7 Å². The fourth-order valence-corrected chi connectivity index (χ4v) is 4.38. The number of rotatable bonds is 9. The van der Waals surface area contributed by atoms with E-state index in [0.29, 0.717) is 27.8 Å². The predicted molar refractivity (Wildman–Crippen MR) is 146 cm³/mol. The number of nitrogens with zero attached hydrogens (tertiary/aromatic N) is 1. The van der Waals surface area contributed by atoms with Gasteiger partial charge in [0.25, 0.3) is 0 Å². The second-order valence-electron chi connectivity index (χ2n) is 9.73. The summed E-state index contributed by atoms with van der Waals surface area (Å²) in [5, 5.41) is 3.97. The molecule has 0 unspecified atom stereocenters. The van der Waals surface area contributed by atoms with E-state index < -0.39 is 11.6 Å². The second kappa shape index (κ2) is 12.3. The molecule has 0 fully saturated rings. The van der Waals surface area contributed by atoms with Crippen molar-refractivity contribution in [3.63, 3.8) is 0 Å². The lowest BCUT2D eigenvalue weighted by molar-refractivity contribution is -0.141. The van der Waals surface area contributed by atoms with Crippen molar-refractivity contribution in [2.75, 3.05) is 7.11 Å². The lowest BCUT2D eigenvalue weighted by Gasteiger charge is -2.34. The second-order valence-corrected chi connectivity index (χ2v) is 10.6. The van der Waals surface area contributed by atoms with Crippen LogP contribution >= 0.6 is 23.2 Å². The van der Waals surface area contributed by atoms with E-state index in [9.17, 15) is 9.59 Å². The van der Waals surface area contributed by atoms with Gasteiger partial charge >= 0.3 is 0 Å². The Balaban J connectivity index is 2.02. The van der Waals surface area contributed by atoms with E-state index in [1.807, 2.05) is 75.4 Å². The number of ether oxygens (including phenoxy) is 1. The Bertz CT molecular complexity index is 1190. The summed E-state index contributed by atoms with van der Waals surface area (Å²) in [6.45, 7) is 6.00. The summed E-state index contributed by atoms with van der Waals surface area (Å²) in [6, 6.07) is 21.5. The summed E-state index contributed by atoms with van der Waals surface area (Å²) in [5.41, 5.74) is 2.00. The molecule has 0 bridgehead atoms. The van der Waals surface area contributed by atoms with Gasteiger partial charge in [-0.2, -0.15) is 0 Å². The standard InChI is InChI=1S/C29H32Cl2N2O3/c1-29(2,3)32-28(35)26(16-20-9-6-5-7-10-20)33(19-21-11-8-12-24(15-21)36-4)27(34)17-22-13-14-23(30)18-25(22)31/h5-15,18,26H,16-17,19H2,1-4H3,(H,32,35)/t26-/m1/s1. The number of carbonyl (C=O) groups excluding carboxylic acids is 2. The van der Waals surface area contributed by atoms with Crippen LogP contribution in [0.15, 0.2) is 72.8 Å². The lowest BCUT2D eigenvalue weighted by Crippen LogP contribution is -2.54. The third-order valence-electron chi connectivity index (χ3n) is 5.61. The maximum Gasteiger partial charge on any atom is 0.243 e. The zero-order chi connectivity index (χ0) is 26.3. The molecule has 0 aliphatic rings. The van der Waals surface area contributed by atoms with E-state index in [2.05, 4.69) is 5.32 Å². The van der Waals surface area contributed by atoms with Crippen LogP contribution in [0.1, 0.15) is 37.5 Å². The topological polar surface area (TPSA) is 58.6 Å². The highest BCUT2D eigenvalue weighted by Crippen LogP contribution is 2.24. The summed E-state index contributed by atoms with van der Waals surface area (Å²) >= 11 is 12.4. The van der Waals surface area contributed by atoms with Crippen LogP contribution in [0.2, 0.25) is 10.0 Å². The Morgan fingerprint density at radius 1 is 0.944 bits per heavy atom. The Morgan fingerprint density at radius 3 is 2.28 bits per heavy atom. The van der Waals surface area contributed by atoms with Crippen molar-refractivity contribution in [2.45, 2.75) is 51.7 Å². The molecule has 5 nitrogen and oxygen atoms in total. The SMILES string of the molecule is COc1cccc(CN(C(=O)Cc2ccc(Cl)cc2Cl)[C@H](Cc2ccccc2)C(=O)NC(C)(C)C)c1. The van der Waals surface area contributed by atoms with Crippen LogP contribution in [0.3, 0.4) is 0 Å². The fourth-order valence-electron chi connectivity index (χ4n) is 3.90. The number of hydrogen-bond acceptors (Lipinski definition) is 3. The zero-order valence-electron chi connectivity index (χ0n) is 21.1. The van der Waals surface area contributed by atoms with Crippen molar-refractivity contribution >= 4 is 35.0 Å². The molecule has 0 saturated carbocycles. The Hall–Kier alpha value is -3.02. The molecule has 3 aromatic carbocycles. The van der Waals surface area contributed by atoms with E-state index >= 15 is 0 Å². The first-order valence-electron chi connectivity index (χ1n) is 11.8. The quantitative estimate of drug-likeness (QED) is 0.366. The molecular formula is C29H32Cl2N2O3. The third kappa shape index (κ3) is 8.00. The fraction of sp³-hybridized carbons (Fsp3) is 0.310. The van der Waals surface area contributed by atoms with Crippen LogP contribution in [0, 0.1) is 0 Å². The van der Waals surface area contributed by atoms with Crippen molar-refractivity contribution < 1.29 is 14.3 Å². The molecule has 0 aromatic heterocycles. The lowest BCUT2D eigenvalue weighted by atomic mass is 9.99. The number of nitrogens with one attached hydrogen (secondary N) is 1. The summed E-state index contributed by atoms with van der Waals surface area (Å²) < 4.78 is 5.38. The van der Waals surface area contributed by atoms with Crippen LogP contribution in [-0.4, -0.2) is 35.4 Å². The molecule has 36 heavy (non-hydrogen) atoms. The van der Waals surface area contributed by atoms with Crippen molar-refractivity contribution in [1.29, 1.82) is 0 Å². The van der Waals surface area contributed by atoms with Crippen LogP contribution in [0.25, 0.3) is 0 Å². The van der Waals surface area contributed by atoms with Crippen molar-refractivity contribution in [1.82, 2.24) is 10.2 Å². The molecule has 3 rings (SSSR count). The molecule has 190 valence electrons. The highest BCUT2D eigenvalue weighted by molar-refractivity contribution is 6.35. The first-order valence-corrected chi connectivity index (χ1v) is 12.5. The van der Waals surface area contributed by atoms with Gasteiger partial charge in [-0.05, 0) is 61.7 Å². The van der Waals surface area contributed by atoms with E-state index in [1.165, 1.54) is 0 Å². The van der Waals surface area contributed by atoms with Crippen LogP contribution in [0.5, 0.6) is 5.75 Å². The predicted octanol–water partition coefficient (Wildman–Crippen LogP) is 6.10. The monoisotopic (exact) mass is 526 g/mol. The minimum atomic E-state index is -0.739. The van der Waals surface area contributed by atoms with Gasteiger partial charge in [-0.25, -0.2) is 0 Å². The van der Waals surface area contributed by atoms with Gasteiger partial charge in [-0.15, -0.1) is 0 Å². The molecule has 1 N–H and O–H groups in total. The van der Waals surface area contributed by atoms with E-state index in [0.717, 1.165) is 11.1 Å². The van der Waals surface area contributed by atoms with Crippen LogP contribution < -0.4 is 10.1 Å². The average molecular weight is 527 g/mol. The highest BCUT2D eigenvalue weighted by Gasteiger charge is 2.32. The maximum absolute atomic E-state index is 13.8. The van der Waals surface area contributed by atoms with Gasteiger partial charge in [0.2, 0.25) is 11.8 Å².